The molecule has 0 aliphatic carbocycles. The second kappa shape index (κ2) is 6.35. The number of para-hydroxylation sites is 1. The Balaban J connectivity index is 1.76. The van der Waals surface area contributed by atoms with Crippen molar-refractivity contribution >= 4 is 5.91 Å². The molecule has 0 aromatic heterocycles. The van der Waals surface area contributed by atoms with Crippen LogP contribution >= 0.6 is 0 Å². The van der Waals surface area contributed by atoms with E-state index < -0.39 is 5.82 Å². The molecule has 1 aromatic carbocycles. The summed E-state index contributed by atoms with van der Waals surface area (Å²) < 4.78 is 18.4. The van der Waals surface area contributed by atoms with Crippen molar-refractivity contribution in [2.45, 2.75) is 19.3 Å². The number of nitrogens with one attached hydrogen (secondary N) is 1. The van der Waals surface area contributed by atoms with Crippen LogP contribution in [0.4, 0.5) is 4.39 Å². The largest absolute Gasteiger partial charge is 0.481 e. The van der Waals surface area contributed by atoms with Gasteiger partial charge in [-0.15, -0.1) is 0 Å². The van der Waals surface area contributed by atoms with E-state index in [9.17, 15) is 9.18 Å². The number of nitrogens with zero attached hydrogens (tertiary/aromatic N) is 1. The van der Waals surface area contributed by atoms with Crippen LogP contribution in [-0.4, -0.2) is 30.6 Å². The van der Waals surface area contributed by atoms with E-state index in [-0.39, 0.29) is 18.3 Å². The van der Waals surface area contributed by atoms with E-state index in [4.69, 9.17) is 4.74 Å². The Kier molecular flexibility index (Phi) is 4.52. The third-order valence-electron chi connectivity index (χ3n) is 2.83. The van der Waals surface area contributed by atoms with Crippen LogP contribution in [0.15, 0.2) is 24.3 Å². The molecule has 1 aromatic rings. The summed E-state index contributed by atoms with van der Waals surface area (Å²) in [6, 6.07) is 6.05. The zero-order valence-electron chi connectivity index (χ0n) is 10.2. The summed E-state index contributed by atoms with van der Waals surface area (Å²) in [4.78, 5) is 11.6. The van der Waals surface area contributed by atoms with Crippen molar-refractivity contribution in [2.24, 2.45) is 0 Å². The molecule has 1 fully saturated rings. The maximum absolute atomic E-state index is 13.2. The van der Waals surface area contributed by atoms with Crippen molar-refractivity contribution < 1.29 is 13.9 Å². The highest BCUT2D eigenvalue weighted by Gasteiger charge is 2.13. The molecular formula is C13H17FN2O2. The lowest BCUT2D eigenvalue weighted by Gasteiger charge is -2.26. The van der Waals surface area contributed by atoms with Crippen LogP contribution in [0.3, 0.4) is 0 Å². The lowest BCUT2D eigenvalue weighted by molar-refractivity contribution is -0.128. The quantitative estimate of drug-likeness (QED) is 0.887. The predicted octanol–water partition coefficient (Wildman–Crippen LogP) is 1.72. The van der Waals surface area contributed by atoms with Crippen molar-refractivity contribution in [3.63, 3.8) is 0 Å². The summed E-state index contributed by atoms with van der Waals surface area (Å²) in [7, 11) is 0. The zero-order chi connectivity index (χ0) is 12.8. The van der Waals surface area contributed by atoms with Crippen LogP contribution in [0.1, 0.15) is 19.3 Å². The molecule has 4 nitrogen and oxygen atoms in total. The van der Waals surface area contributed by atoms with Gasteiger partial charge in [0.2, 0.25) is 0 Å². The third-order valence-corrected chi connectivity index (χ3v) is 2.83. The molecule has 0 bridgehead atoms. The van der Waals surface area contributed by atoms with Crippen molar-refractivity contribution in [1.82, 2.24) is 10.4 Å². The summed E-state index contributed by atoms with van der Waals surface area (Å²) in [5, 5.41) is 1.89. The Bertz CT molecular complexity index is 406. The standard InChI is InChI=1S/C13H17FN2O2/c14-11-6-2-3-7-12(11)18-10-13(17)15-16-8-4-1-5-9-16/h2-3,6-7H,1,4-5,8-10H2,(H,15,17). The fourth-order valence-corrected chi connectivity index (χ4v) is 1.92. The predicted molar refractivity (Wildman–Crippen MR) is 65.5 cm³/mol. The topological polar surface area (TPSA) is 41.6 Å². The highest BCUT2D eigenvalue weighted by atomic mass is 19.1. The molecule has 0 radical (unpaired) electrons. The Labute approximate surface area is 106 Å². The maximum atomic E-state index is 13.2. The van der Waals surface area contributed by atoms with Gasteiger partial charge in [0.15, 0.2) is 18.2 Å². The molecule has 98 valence electrons. The molecule has 2 rings (SSSR count). The van der Waals surface area contributed by atoms with Gasteiger partial charge < -0.3 is 4.74 Å². The van der Waals surface area contributed by atoms with Crippen molar-refractivity contribution in [3.8, 4) is 5.75 Å². The van der Waals surface area contributed by atoms with Gasteiger partial charge in [-0.05, 0) is 25.0 Å². The van der Waals surface area contributed by atoms with E-state index in [1.165, 1.54) is 18.6 Å². The number of amides is 1. The fraction of sp³-hybridized carbons (Fsp3) is 0.462. The molecule has 1 amide bonds. The van der Waals surface area contributed by atoms with Gasteiger partial charge in [0.1, 0.15) is 0 Å². The first-order valence-electron chi connectivity index (χ1n) is 6.17. The molecule has 0 spiro atoms. The molecule has 0 unspecified atom stereocenters. The van der Waals surface area contributed by atoms with Crippen LogP contribution in [-0.2, 0) is 4.79 Å². The van der Waals surface area contributed by atoms with Gasteiger partial charge in [-0.2, -0.15) is 0 Å². The van der Waals surface area contributed by atoms with Crippen LogP contribution in [0.25, 0.3) is 0 Å². The number of hydrogen-bond acceptors (Lipinski definition) is 3. The average molecular weight is 252 g/mol. The van der Waals surface area contributed by atoms with Crippen LogP contribution in [0.5, 0.6) is 5.75 Å². The van der Waals surface area contributed by atoms with E-state index in [2.05, 4.69) is 5.43 Å². The van der Waals surface area contributed by atoms with Gasteiger partial charge in [-0.25, -0.2) is 9.40 Å². The SMILES string of the molecule is O=C(COc1ccccc1F)NN1CCCCC1. The summed E-state index contributed by atoms with van der Waals surface area (Å²) in [6.45, 7) is 1.56. The number of hydrogen-bond donors (Lipinski definition) is 1. The molecular weight excluding hydrogens is 235 g/mol. The normalized spacial score (nSPS) is 16.3. The zero-order valence-corrected chi connectivity index (χ0v) is 10.2. The highest BCUT2D eigenvalue weighted by molar-refractivity contribution is 5.77. The number of carbonyl (C=O) groups is 1. The van der Waals surface area contributed by atoms with E-state index in [0.29, 0.717) is 0 Å². The Morgan fingerprint density at radius 3 is 2.72 bits per heavy atom. The molecule has 1 aliphatic heterocycles. The minimum Gasteiger partial charge on any atom is -0.481 e. The number of hydrazine groups is 1. The number of carbonyl (C=O) groups excluding carboxylic acids is 1. The number of ether oxygens (including phenoxy) is 1. The van der Waals surface area contributed by atoms with E-state index >= 15 is 0 Å². The minimum absolute atomic E-state index is 0.103. The molecule has 1 N–H and O–H groups in total. The highest BCUT2D eigenvalue weighted by Crippen LogP contribution is 2.15. The smallest absolute Gasteiger partial charge is 0.272 e. The Morgan fingerprint density at radius 1 is 1.28 bits per heavy atom. The number of halogens is 1. The first-order valence-corrected chi connectivity index (χ1v) is 6.17. The molecule has 5 heteroatoms. The average Bonchev–Trinajstić information content (AvgIpc) is 2.39. The lowest BCUT2D eigenvalue weighted by Crippen LogP contribution is -2.46. The molecule has 18 heavy (non-hydrogen) atoms. The molecule has 1 saturated heterocycles. The minimum atomic E-state index is -0.455. The van der Waals surface area contributed by atoms with Crippen LogP contribution < -0.4 is 10.2 Å². The van der Waals surface area contributed by atoms with Gasteiger partial charge in [0.05, 0.1) is 0 Å². The number of benzene rings is 1. The van der Waals surface area contributed by atoms with Crippen molar-refractivity contribution in [1.29, 1.82) is 0 Å². The van der Waals surface area contributed by atoms with E-state index in [0.717, 1.165) is 25.9 Å². The first-order chi connectivity index (χ1) is 8.75. The fourth-order valence-electron chi connectivity index (χ4n) is 1.92. The first kappa shape index (κ1) is 12.8. The van der Waals surface area contributed by atoms with Gasteiger partial charge in [-0.3, -0.25) is 10.2 Å². The molecule has 1 aliphatic rings. The lowest BCUT2D eigenvalue weighted by atomic mass is 10.2. The van der Waals surface area contributed by atoms with E-state index in [1.54, 1.807) is 12.1 Å². The van der Waals surface area contributed by atoms with Gasteiger partial charge in [0, 0.05) is 13.1 Å². The summed E-state index contributed by atoms with van der Waals surface area (Å²) in [5.41, 5.74) is 2.76. The van der Waals surface area contributed by atoms with Crippen molar-refractivity contribution in [2.75, 3.05) is 19.7 Å². The summed E-state index contributed by atoms with van der Waals surface area (Å²) in [6.07, 6.45) is 3.39. The summed E-state index contributed by atoms with van der Waals surface area (Å²) in [5.74, 6) is -0.602. The van der Waals surface area contributed by atoms with Crippen LogP contribution in [0, 0.1) is 5.82 Å². The van der Waals surface area contributed by atoms with Crippen LogP contribution in [0.2, 0.25) is 0 Å². The van der Waals surface area contributed by atoms with Gasteiger partial charge in [0.25, 0.3) is 5.91 Å². The van der Waals surface area contributed by atoms with E-state index in [1.807, 2.05) is 5.01 Å². The van der Waals surface area contributed by atoms with Gasteiger partial charge >= 0.3 is 0 Å². The second-order valence-corrected chi connectivity index (χ2v) is 4.30. The maximum Gasteiger partial charge on any atom is 0.272 e. The number of rotatable bonds is 4. The molecule has 0 atom stereocenters. The Morgan fingerprint density at radius 2 is 2.00 bits per heavy atom. The summed E-state index contributed by atoms with van der Waals surface area (Å²) >= 11 is 0. The Hall–Kier alpha value is -1.62. The number of piperidine rings is 1. The molecule has 0 saturated carbocycles. The van der Waals surface area contributed by atoms with Crippen molar-refractivity contribution in [3.05, 3.63) is 30.1 Å². The van der Waals surface area contributed by atoms with Gasteiger partial charge in [-0.1, -0.05) is 18.6 Å². The second-order valence-electron chi connectivity index (χ2n) is 4.30. The third kappa shape index (κ3) is 3.70. The monoisotopic (exact) mass is 252 g/mol. The molecule has 1 heterocycles.